The molecule has 0 saturated heterocycles. The van der Waals surface area contributed by atoms with Crippen LogP contribution in [0.4, 0.5) is 9.18 Å². The van der Waals surface area contributed by atoms with Gasteiger partial charge < -0.3 is 19.1 Å². The molecule has 0 aliphatic heterocycles. The van der Waals surface area contributed by atoms with Crippen molar-refractivity contribution >= 4 is 12.1 Å². The summed E-state index contributed by atoms with van der Waals surface area (Å²) in [6.07, 6.45) is 1.19. The normalized spacial score (nSPS) is 11.4. The van der Waals surface area contributed by atoms with Gasteiger partial charge in [0.15, 0.2) is 5.69 Å². The van der Waals surface area contributed by atoms with E-state index in [9.17, 15) is 18.8 Å². The predicted molar refractivity (Wildman–Crippen MR) is 129 cm³/mol. The Morgan fingerprint density at radius 2 is 1.75 bits per heavy atom. The van der Waals surface area contributed by atoms with Crippen LogP contribution in [0.15, 0.2) is 65.6 Å². The van der Waals surface area contributed by atoms with E-state index in [1.165, 1.54) is 12.1 Å². The molecule has 9 nitrogen and oxygen atoms in total. The Kier molecular flexibility index (Phi) is 9.56. The molecule has 0 aliphatic carbocycles. The van der Waals surface area contributed by atoms with Crippen LogP contribution < -0.4 is 10.2 Å². The van der Waals surface area contributed by atoms with Gasteiger partial charge in [-0.2, -0.15) is 5.10 Å². The second kappa shape index (κ2) is 13.0. The maximum Gasteiger partial charge on any atom is 0.510 e. The summed E-state index contributed by atoms with van der Waals surface area (Å²) < 4.78 is 27.9. The third-order valence-corrected chi connectivity index (χ3v) is 5.51. The van der Waals surface area contributed by atoms with E-state index in [0.717, 1.165) is 24.4 Å². The highest BCUT2D eigenvalue weighted by molar-refractivity contribution is 5.94. The van der Waals surface area contributed by atoms with Crippen molar-refractivity contribution in [2.45, 2.75) is 25.7 Å². The van der Waals surface area contributed by atoms with Crippen molar-refractivity contribution in [1.82, 2.24) is 15.1 Å². The molecular formula is C26H28FN3O6. The minimum Gasteiger partial charge on any atom is -0.451 e. The second-order valence-electron chi connectivity index (χ2n) is 7.89. The van der Waals surface area contributed by atoms with Crippen LogP contribution in [0.1, 0.15) is 47.3 Å². The number of hydrogen-bond acceptors (Lipinski definition) is 7. The van der Waals surface area contributed by atoms with E-state index in [2.05, 4.69) is 19.7 Å². The van der Waals surface area contributed by atoms with Crippen LogP contribution in [0, 0.1) is 5.82 Å². The van der Waals surface area contributed by atoms with Gasteiger partial charge in [-0.25, -0.2) is 9.18 Å². The first-order valence-corrected chi connectivity index (χ1v) is 11.5. The Hall–Kier alpha value is -4.21. The molecule has 0 aliphatic rings. The highest BCUT2D eigenvalue weighted by atomic mass is 19.1. The number of aromatic nitrogens is 2. The van der Waals surface area contributed by atoms with E-state index in [-0.39, 0.29) is 23.2 Å². The maximum atomic E-state index is 13.5. The number of ether oxygens (including phenoxy) is 3. The fourth-order valence-electron chi connectivity index (χ4n) is 3.81. The van der Waals surface area contributed by atoms with Crippen LogP contribution in [0.2, 0.25) is 0 Å². The zero-order valence-electron chi connectivity index (χ0n) is 20.1. The Bertz CT molecular complexity index is 1200. The van der Waals surface area contributed by atoms with Crippen LogP contribution in [-0.4, -0.2) is 54.2 Å². The monoisotopic (exact) mass is 497 g/mol. The molecule has 2 aromatic carbocycles. The standard InChI is InChI=1S/C26H28FN3O6/c1-3-14-30(25(32)23-24(22(31)16-28-29-23)35-17-36-26(33)34-2)15-13-21(18-7-5-4-6-8-18)19-9-11-20(27)12-10-19/h4-12,16,21H,3,13-15,17H2,1-2H3,(H,29,31). The Morgan fingerprint density at radius 1 is 1.06 bits per heavy atom. The van der Waals surface area contributed by atoms with Crippen molar-refractivity contribution in [3.05, 3.63) is 93.7 Å². The first kappa shape index (κ1) is 26.4. The minimum absolute atomic E-state index is 0.0870. The van der Waals surface area contributed by atoms with Gasteiger partial charge in [0.2, 0.25) is 18.0 Å². The van der Waals surface area contributed by atoms with E-state index < -0.39 is 24.3 Å². The van der Waals surface area contributed by atoms with Gasteiger partial charge in [0.25, 0.3) is 5.91 Å². The number of rotatable bonds is 11. The zero-order chi connectivity index (χ0) is 25.9. The molecule has 190 valence electrons. The maximum absolute atomic E-state index is 13.5. The Morgan fingerprint density at radius 3 is 2.42 bits per heavy atom. The fourth-order valence-corrected chi connectivity index (χ4v) is 3.81. The number of benzene rings is 2. The molecular weight excluding hydrogens is 469 g/mol. The average Bonchev–Trinajstić information content (AvgIpc) is 2.90. The van der Waals surface area contributed by atoms with Crippen molar-refractivity contribution in [3.63, 3.8) is 0 Å². The molecule has 0 fully saturated rings. The summed E-state index contributed by atoms with van der Waals surface area (Å²) in [5.74, 6) is -1.20. The van der Waals surface area contributed by atoms with Crippen molar-refractivity contribution < 1.29 is 28.2 Å². The number of nitrogens with one attached hydrogen (secondary N) is 1. The van der Waals surface area contributed by atoms with Crippen LogP contribution in [0.3, 0.4) is 0 Å². The molecule has 1 amide bonds. The van der Waals surface area contributed by atoms with Crippen LogP contribution in [-0.2, 0) is 9.47 Å². The Balaban J connectivity index is 1.83. The van der Waals surface area contributed by atoms with Gasteiger partial charge in [0, 0.05) is 19.0 Å². The summed E-state index contributed by atoms with van der Waals surface area (Å²) in [6.45, 7) is 2.08. The number of methoxy groups -OCH3 is 1. The van der Waals surface area contributed by atoms with Gasteiger partial charge in [-0.1, -0.05) is 49.4 Å². The topological polar surface area (TPSA) is 111 Å². The molecule has 0 radical (unpaired) electrons. The van der Waals surface area contributed by atoms with Gasteiger partial charge in [0.1, 0.15) is 5.82 Å². The number of aromatic amines is 1. The van der Waals surface area contributed by atoms with Crippen molar-refractivity contribution in [2.24, 2.45) is 0 Å². The first-order chi connectivity index (χ1) is 17.4. The summed E-state index contributed by atoms with van der Waals surface area (Å²) >= 11 is 0. The third kappa shape index (κ3) is 6.91. The molecule has 1 N–H and O–H groups in total. The van der Waals surface area contributed by atoms with Gasteiger partial charge in [-0.05, 0) is 36.1 Å². The largest absolute Gasteiger partial charge is 0.510 e. The molecule has 1 unspecified atom stereocenters. The molecule has 1 heterocycles. The molecule has 1 atom stereocenters. The van der Waals surface area contributed by atoms with Gasteiger partial charge in [0.05, 0.1) is 13.3 Å². The number of hydrogen-bond donors (Lipinski definition) is 1. The van der Waals surface area contributed by atoms with Crippen molar-refractivity contribution in [1.29, 1.82) is 0 Å². The Labute approximate surface area is 207 Å². The number of H-pyrrole nitrogens is 1. The summed E-state index contributed by atoms with van der Waals surface area (Å²) in [5, 5.41) is 6.28. The van der Waals surface area contributed by atoms with E-state index in [4.69, 9.17) is 4.74 Å². The second-order valence-corrected chi connectivity index (χ2v) is 7.89. The molecule has 36 heavy (non-hydrogen) atoms. The van der Waals surface area contributed by atoms with Crippen LogP contribution in [0.25, 0.3) is 0 Å². The van der Waals surface area contributed by atoms with Gasteiger partial charge in [-0.15, -0.1) is 0 Å². The zero-order valence-corrected chi connectivity index (χ0v) is 20.1. The quantitative estimate of drug-likeness (QED) is 0.314. The number of halogens is 1. The fraction of sp³-hybridized carbons (Fsp3) is 0.308. The molecule has 1 aromatic heterocycles. The first-order valence-electron chi connectivity index (χ1n) is 11.5. The molecule has 3 aromatic rings. The lowest BCUT2D eigenvalue weighted by molar-refractivity contribution is 0.0139. The predicted octanol–water partition coefficient (Wildman–Crippen LogP) is 4.10. The number of amides is 1. The number of carbonyl (C=O) groups is 2. The lowest BCUT2D eigenvalue weighted by atomic mass is 9.88. The van der Waals surface area contributed by atoms with E-state index in [1.54, 1.807) is 17.0 Å². The number of nitrogens with zero attached hydrogens (tertiary/aromatic N) is 2. The summed E-state index contributed by atoms with van der Waals surface area (Å²) in [5.41, 5.74) is 1.16. The van der Waals surface area contributed by atoms with Crippen molar-refractivity contribution in [3.8, 4) is 5.75 Å². The molecule has 0 bridgehead atoms. The van der Waals surface area contributed by atoms with Gasteiger partial charge >= 0.3 is 6.16 Å². The van der Waals surface area contributed by atoms with Crippen molar-refractivity contribution in [2.75, 3.05) is 27.0 Å². The SMILES string of the molecule is CCCN(CCC(c1ccccc1)c1ccc(F)cc1)C(=O)c1[nH]ncc(=O)c1OCOC(=O)OC. The summed E-state index contributed by atoms with van der Waals surface area (Å²) in [4.78, 5) is 38.6. The minimum atomic E-state index is -0.992. The molecule has 10 heteroatoms. The number of carbonyl (C=O) groups excluding carboxylic acids is 2. The average molecular weight is 498 g/mol. The van der Waals surface area contributed by atoms with Gasteiger partial charge in [-0.3, -0.25) is 14.7 Å². The van der Waals surface area contributed by atoms with Crippen LogP contribution in [0.5, 0.6) is 5.75 Å². The van der Waals surface area contributed by atoms with E-state index in [1.807, 2.05) is 37.3 Å². The highest BCUT2D eigenvalue weighted by Crippen LogP contribution is 2.29. The highest BCUT2D eigenvalue weighted by Gasteiger charge is 2.25. The molecule has 0 spiro atoms. The van der Waals surface area contributed by atoms with E-state index >= 15 is 0 Å². The third-order valence-electron chi connectivity index (χ3n) is 5.51. The van der Waals surface area contributed by atoms with Crippen LogP contribution >= 0.6 is 0 Å². The molecule has 3 rings (SSSR count). The lowest BCUT2D eigenvalue weighted by Gasteiger charge is -2.26. The summed E-state index contributed by atoms with van der Waals surface area (Å²) in [6, 6.07) is 16.1. The summed E-state index contributed by atoms with van der Waals surface area (Å²) in [7, 11) is 1.13. The smallest absolute Gasteiger partial charge is 0.451 e. The molecule has 0 saturated carbocycles. The lowest BCUT2D eigenvalue weighted by Crippen LogP contribution is -2.35. The van der Waals surface area contributed by atoms with E-state index in [0.29, 0.717) is 25.9 Å².